The Morgan fingerprint density at radius 3 is 2.05 bits per heavy atom. The number of anilines is 1. The van der Waals surface area contributed by atoms with Crippen molar-refractivity contribution < 1.29 is 27.9 Å². The second-order valence-electron chi connectivity index (χ2n) is 9.33. The molecule has 0 fully saturated rings. The first kappa shape index (κ1) is 27.7. The van der Waals surface area contributed by atoms with Crippen LogP contribution in [0.1, 0.15) is 54.2 Å². The maximum atomic E-state index is 12.9. The van der Waals surface area contributed by atoms with E-state index in [1.807, 2.05) is 24.3 Å². The second kappa shape index (κ2) is 11.9. The highest BCUT2D eigenvalue weighted by molar-refractivity contribution is 5.94. The topological polar surface area (TPSA) is 82.5 Å². The molecule has 0 spiro atoms. The van der Waals surface area contributed by atoms with Crippen molar-refractivity contribution >= 4 is 17.7 Å². The van der Waals surface area contributed by atoms with E-state index < -0.39 is 17.7 Å². The number of carbonyl (C=O) groups is 2. The lowest BCUT2D eigenvalue weighted by Gasteiger charge is -2.22. The average molecular weight is 514 g/mol. The number of halogens is 3. The van der Waals surface area contributed by atoms with Crippen molar-refractivity contribution in [2.24, 2.45) is 5.92 Å². The molecule has 0 bridgehead atoms. The Labute approximate surface area is 214 Å². The highest BCUT2D eigenvalue weighted by atomic mass is 19.4. The molecule has 2 N–H and O–H groups in total. The van der Waals surface area contributed by atoms with E-state index in [9.17, 15) is 22.8 Å². The van der Waals surface area contributed by atoms with E-state index in [1.54, 1.807) is 19.2 Å². The van der Waals surface area contributed by atoms with Gasteiger partial charge in [-0.3, -0.25) is 9.59 Å². The molecule has 1 atom stereocenters. The van der Waals surface area contributed by atoms with Crippen LogP contribution in [-0.2, 0) is 11.0 Å². The third-order valence-electron chi connectivity index (χ3n) is 5.91. The quantitative estimate of drug-likeness (QED) is 0.323. The molecule has 1 unspecified atom stereocenters. The van der Waals surface area contributed by atoms with Crippen molar-refractivity contribution in [2.45, 2.75) is 38.9 Å². The number of benzene rings is 2. The molecule has 1 heterocycles. The number of hydrogen-bond donors (Lipinski definition) is 2. The first-order valence-corrected chi connectivity index (χ1v) is 11.9. The Kier molecular flexibility index (Phi) is 8.91. The van der Waals surface area contributed by atoms with Crippen molar-refractivity contribution in [3.63, 3.8) is 0 Å². The van der Waals surface area contributed by atoms with Gasteiger partial charge in [0.05, 0.1) is 23.6 Å². The van der Waals surface area contributed by atoms with E-state index in [2.05, 4.69) is 24.1 Å². The van der Waals surface area contributed by atoms with Gasteiger partial charge in [-0.1, -0.05) is 50.2 Å². The van der Waals surface area contributed by atoms with Crippen molar-refractivity contribution in [3.05, 3.63) is 83.6 Å². The van der Waals surface area contributed by atoms with Gasteiger partial charge >= 0.3 is 12.1 Å². The number of nitrogens with zero attached hydrogens (tertiary/aromatic N) is 2. The monoisotopic (exact) mass is 513 g/mol. The van der Waals surface area contributed by atoms with Crippen molar-refractivity contribution in [1.29, 1.82) is 0 Å². The minimum atomic E-state index is -4.37. The smallest absolute Gasteiger partial charge is 0.416 e. The summed E-state index contributed by atoms with van der Waals surface area (Å²) in [7, 11) is 1.55. The van der Waals surface area contributed by atoms with E-state index in [0.29, 0.717) is 22.9 Å². The van der Waals surface area contributed by atoms with E-state index >= 15 is 0 Å². The number of amides is 1. The molecule has 1 amide bonds. The summed E-state index contributed by atoms with van der Waals surface area (Å²) in [6.45, 7) is 4.31. The highest BCUT2D eigenvalue weighted by Crippen LogP contribution is 2.32. The van der Waals surface area contributed by atoms with Crippen LogP contribution >= 0.6 is 0 Å². The molecular weight excluding hydrogens is 483 g/mol. The van der Waals surface area contributed by atoms with E-state index in [4.69, 9.17) is 5.11 Å². The van der Waals surface area contributed by atoms with Gasteiger partial charge in [0.1, 0.15) is 5.82 Å². The molecule has 3 aromatic rings. The predicted molar refractivity (Wildman–Crippen MR) is 136 cm³/mol. The number of alkyl halides is 3. The zero-order valence-electron chi connectivity index (χ0n) is 20.9. The molecule has 0 aliphatic rings. The van der Waals surface area contributed by atoms with Crippen LogP contribution in [0.5, 0.6) is 0 Å². The Hall–Kier alpha value is -3.88. The van der Waals surface area contributed by atoms with Gasteiger partial charge < -0.3 is 15.3 Å². The van der Waals surface area contributed by atoms with Crippen LogP contribution in [-0.4, -0.2) is 40.5 Å². The highest BCUT2D eigenvalue weighted by Gasteiger charge is 2.30. The Bertz CT molecular complexity index is 1190. The summed E-state index contributed by atoms with van der Waals surface area (Å²) >= 11 is 0. The van der Waals surface area contributed by atoms with Crippen molar-refractivity contribution in [1.82, 2.24) is 9.88 Å². The van der Waals surface area contributed by atoms with Gasteiger partial charge in [-0.25, -0.2) is 4.98 Å². The maximum Gasteiger partial charge on any atom is 0.416 e. The minimum absolute atomic E-state index is 0.0750. The lowest BCUT2D eigenvalue weighted by atomic mass is 9.94. The van der Waals surface area contributed by atoms with Crippen LogP contribution in [0.2, 0.25) is 0 Å². The fourth-order valence-corrected chi connectivity index (χ4v) is 3.88. The third kappa shape index (κ3) is 7.80. The molecule has 37 heavy (non-hydrogen) atoms. The summed E-state index contributed by atoms with van der Waals surface area (Å²) in [5, 5.41) is 12.2. The van der Waals surface area contributed by atoms with Crippen molar-refractivity contribution in [3.8, 4) is 11.1 Å². The molecule has 9 heteroatoms. The number of nitrogens with one attached hydrogen (secondary N) is 1. The van der Waals surface area contributed by atoms with Crippen LogP contribution in [0.3, 0.4) is 0 Å². The maximum absolute atomic E-state index is 12.9. The summed E-state index contributed by atoms with van der Waals surface area (Å²) in [6.07, 6.45) is -2.24. The molecule has 0 saturated heterocycles. The molecule has 0 saturated carbocycles. The van der Waals surface area contributed by atoms with Crippen LogP contribution in [0.25, 0.3) is 11.1 Å². The number of aromatic nitrogens is 1. The second-order valence-corrected chi connectivity index (χ2v) is 9.33. The molecule has 2 aromatic carbocycles. The summed E-state index contributed by atoms with van der Waals surface area (Å²) in [5.74, 6) is -0.322. The number of carboxylic acids is 1. The van der Waals surface area contributed by atoms with Gasteiger partial charge in [0.25, 0.3) is 5.91 Å². The summed E-state index contributed by atoms with van der Waals surface area (Å²) in [6, 6.07) is 16.0. The minimum Gasteiger partial charge on any atom is -0.481 e. The number of rotatable bonds is 10. The van der Waals surface area contributed by atoms with Crippen LogP contribution in [0.15, 0.2) is 66.9 Å². The number of aliphatic carboxylic acids is 1. The molecule has 196 valence electrons. The van der Waals surface area contributed by atoms with E-state index in [0.717, 1.165) is 29.7 Å². The standard InChI is InChI=1S/C28H30F3N3O3/c1-18(2)16-24(33-25-13-10-22(17-32-25)27(37)34(3)15-14-26(35)36)21-6-4-19(5-7-21)20-8-11-23(12-9-20)28(29,30)31/h4-13,17-18,24H,14-16H2,1-3H3,(H,32,33)(H,35,36). The number of hydrogen-bond acceptors (Lipinski definition) is 4. The lowest BCUT2D eigenvalue weighted by Crippen LogP contribution is -2.29. The zero-order valence-corrected chi connectivity index (χ0v) is 20.9. The molecule has 1 aromatic heterocycles. The van der Waals surface area contributed by atoms with Gasteiger partial charge in [-0.05, 0) is 53.3 Å². The Morgan fingerprint density at radius 1 is 0.973 bits per heavy atom. The normalized spacial score (nSPS) is 12.3. The SMILES string of the molecule is CC(C)CC(Nc1ccc(C(=O)N(C)CCC(=O)O)cn1)c1ccc(-c2ccc(C(F)(F)F)cc2)cc1. The van der Waals surface area contributed by atoms with E-state index in [-0.39, 0.29) is 24.9 Å². The number of carbonyl (C=O) groups excluding carboxylic acids is 1. The summed E-state index contributed by atoms with van der Waals surface area (Å²) in [4.78, 5) is 29.0. The van der Waals surface area contributed by atoms with Gasteiger partial charge in [-0.2, -0.15) is 13.2 Å². The summed E-state index contributed by atoms with van der Waals surface area (Å²) < 4.78 is 38.6. The van der Waals surface area contributed by atoms with Crippen molar-refractivity contribution in [2.75, 3.05) is 18.9 Å². The van der Waals surface area contributed by atoms with Crippen LogP contribution < -0.4 is 5.32 Å². The molecular formula is C28H30F3N3O3. The van der Waals surface area contributed by atoms with Gasteiger partial charge in [0, 0.05) is 19.8 Å². The predicted octanol–water partition coefficient (Wildman–Crippen LogP) is 6.51. The molecule has 3 rings (SSSR count). The summed E-state index contributed by atoms with van der Waals surface area (Å²) in [5.41, 5.74) is 2.19. The number of carboxylic acid groups (broad SMARTS) is 1. The molecule has 0 aliphatic carbocycles. The van der Waals surface area contributed by atoms with Gasteiger partial charge in [-0.15, -0.1) is 0 Å². The lowest BCUT2D eigenvalue weighted by molar-refractivity contribution is -0.138. The van der Waals surface area contributed by atoms with Crippen LogP contribution in [0, 0.1) is 5.92 Å². The van der Waals surface area contributed by atoms with Gasteiger partial charge in [0.15, 0.2) is 0 Å². The Morgan fingerprint density at radius 2 is 1.57 bits per heavy atom. The first-order valence-electron chi connectivity index (χ1n) is 11.9. The fraction of sp³-hybridized carbons (Fsp3) is 0.321. The average Bonchev–Trinajstić information content (AvgIpc) is 2.86. The third-order valence-corrected chi connectivity index (χ3v) is 5.91. The fourth-order valence-electron chi connectivity index (χ4n) is 3.88. The molecule has 6 nitrogen and oxygen atoms in total. The molecule has 0 radical (unpaired) electrons. The van der Waals surface area contributed by atoms with Gasteiger partial charge in [0.2, 0.25) is 0 Å². The number of pyridine rings is 1. The Balaban J connectivity index is 1.72. The molecule has 0 aliphatic heterocycles. The largest absolute Gasteiger partial charge is 0.481 e. The first-order chi connectivity index (χ1) is 17.4. The zero-order chi connectivity index (χ0) is 27.2. The van der Waals surface area contributed by atoms with Crippen LogP contribution in [0.4, 0.5) is 19.0 Å². The van der Waals surface area contributed by atoms with E-state index in [1.165, 1.54) is 23.2 Å².